The normalized spacial score (nSPS) is 18.6. The van der Waals surface area contributed by atoms with Crippen molar-refractivity contribution < 1.29 is 9.59 Å². The van der Waals surface area contributed by atoms with E-state index < -0.39 is 6.04 Å². The summed E-state index contributed by atoms with van der Waals surface area (Å²) in [5, 5.41) is 7.79. The highest BCUT2D eigenvalue weighted by Crippen LogP contribution is 2.29. The van der Waals surface area contributed by atoms with E-state index in [1.54, 1.807) is 27.9 Å². The number of nitrogens with one attached hydrogen (secondary N) is 1. The second-order valence-electron chi connectivity index (χ2n) is 7.70. The molecule has 0 spiro atoms. The number of amides is 3. The van der Waals surface area contributed by atoms with Gasteiger partial charge in [0.15, 0.2) is 5.65 Å². The highest BCUT2D eigenvalue weighted by Gasteiger charge is 2.42. The number of fused-ring (bicyclic) bond motifs is 3. The first-order chi connectivity index (χ1) is 15.1. The van der Waals surface area contributed by atoms with E-state index in [-0.39, 0.29) is 11.9 Å². The van der Waals surface area contributed by atoms with E-state index in [9.17, 15) is 9.59 Å². The average Bonchev–Trinajstić information content (AvgIpc) is 3.34. The number of hydrogen-bond acceptors (Lipinski definition) is 7. The molecule has 2 fully saturated rings. The van der Waals surface area contributed by atoms with Gasteiger partial charge in [-0.15, -0.1) is 0 Å². The van der Waals surface area contributed by atoms with Gasteiger partial charge in [-0.05, 0) is 12.1 Å². The molecule has 4 aromatic rings. The van der Waals surface area contributed by atoms with Gasteiger partial charge in [-0.25, -0.2) is 9.78 Å². The lowest BCUT2D eigenvalue weighted by Gasteiger charge is -2.36. The Bertz CT molecular complexity index is 1380. The zero-order valence-corrected chi connectivity index (χ0v) is 16.4. The molecule has 0 aliphatic carbocycles. The molecule has 0 saturated carbocycles. The van der Waals surface area contributed by atoms with Crippen molar-refractivity contribution >= 4 is 40.1 Å². The molecule has 3 aromatic heterocycles. The van der Waals surface area contributed by atoms with Gasteiger partial charge in [-0.1, -0.05) is 18.2 Å². The maximum atomic E-state index is 12.1. The lowest BCUT2D eigenvalue weighted by Crippen LogP contribution is -2.53. The first kappa shape index (κ1) is 17.6. The third-order valence-electron chi connectivity index (χ3n) is 5.89. The van der Waals surface area contributed by atoms with Crippen LogP contribution in [0.15, 0.2) is 48.8 Å². The molecule has 1 unspecified atom stereocenters. The molecule has 2 saturated heterocycles. The van der Waals surface area contributed by atoms with Crippen LogP contribution in [0.1, 0.15) is 0 Å². The molecule has 1 aromatic carbocycles. The first-order valence-electron chi connectivity index (χ1n) is 9.94. The number of imide groups is 1. The van der Waals surface area contributed by atoms with Crippen LogP contribution in [0.25, 0.3) is 27.7 Å². The van der Waals surface area contributed by atoms with E-state index in [1.807, 2.05) is 29.2 Å². The second kappa shape index (κ2) is 6.39. The van der Waals surface area contributed by atoms with Gasteiger partial charge in [0.2, 0.25) is 0 Å². The van der Waals surface area contributed by atoms with Crippen molar-refractivity contribution in [2.24, 2.45) is 0 Å². The van der Waals surface area contributed by atoms with Crippen molar-refractivity contribution in [3.05, 3.63) is 48.8 Å². The number of hydrogen-bond donors (Lipinski definition) is 2. The van der Waals surface area contributed by atoms with Gasteiger partial charge in [0.25, 0.3) is 5.91 Å². The summed E-state index contributed by atoms with van der Waals surface area (Å²) in [6.07, 6.45) is 3.53. The summed E-state index contributed by atoms with van der Waals surface area (Å²) < 4.78 is 1.59. The summed E-state index contributed by atoms with van der Waals surface area (Å²) in [6.45, 7) is 1.36. The van der Waals surface area contributed by atoms with Crippen molar-refractivity contribution in [1.82, 2.24) is 29.8 Å². The molecule has 10 nitrogen and oxygen atoms in total. The zero-order valence-electron chi connectivity index (χ0n) is 16.4. The Morgan fingerprint density at radius 2 is 1.97 bits per heavy atom. The minimum absolute atomic E-state index is 0.281. The summed E-state index contributed by atoms with van der Waals surface area (Å²) in [5.41, 5.74) is 9.51. The molecule has 3 N–H and O–H groups in total. The predicted octanol–water partition coefficient (Wildman–Crippen LogP) is 1.27. The highest BCUT2D eigenvalue weighted by atomic mass is 16.2. The Balaban J connectivity index is 1.41. The van der Waals surface area contributed by atoms with E-state index in [2.05, 4.69) is 21.5 Å². The Morgan fingerprint density at radius 3 is 2.87 bits per heavy atom. The highest BCUT2D eigenvalue weighted by molar-refractivity contribution is 6.04. The first-order valence-corrected chi connectivity index (χ1v) is 9.94. The van der Waals surface area contributed by atoms with Gasteiger partial charge in [0.05, 0.1) is 11.7 Å². The number of piperazine rings is 1. The van der Waals surface area contributed by atoms with Gasteiger partial charge < -0.3 is 15.5 Å². The number of urea groups is 1. The van der Waals surface area contributed by atoms with Crippen molar-refractivity contribution in [3.63, 3.8) is 0 Å². The predicted molar refractivity (Wildman–Crippen MR) is 114 cm³/mol. The Labute approximate surface area is 176 Å². The van der Waals surface area contributed by atoms with Crippen LogP contribution in [0, 0.1) is 0 Å². The van der Waals surface area contributed by atoms with Crippen LogP contribution >= 0.6 is 0 Å². The minimum atomic E-state index is -0.519. The molecule has 154 valence electrons. The number of nitrogens with two attached hydrogens (primary N) is 1. The van der Waals surface area contributed by atoms with Crippen LogP contribution in [-0.2, 0) is 4.79 Å². The standard InChI is InChI=1S/C21H18N8O2/c22-17-8-18(27-5-6-28-16(11-27)20(30)26-21(28)31)25-19-14(10-24-29(17)19)13-7-12-3-1-2-4-15(12)23-9-13/h1-4,7-10,16H,5-6,11,22H2,(H,26,30,31). The molecule has 0 radical (unpaired) electrons. The number of benzene rings is 1. The van der Waals surface area contributed by atoms with Crippen LogP contribution < -0.4 is 16.0 Å². The van der Waals surface area contributed by atoms with E-state index in [1.165, 1.54) is 0 Å². The van der Waals surface area contributed by atoms with Crippen molar-refractivity contribution in [1.29, 1.82) is 0 Å². The Kier molecular flexibility index (Phi) is 3.64. The summed E-state index contributed by atoms with van der Waals surface area (Å²) in [4.78, 5) is 36.9. The van der Waals surface area contributed by atoms with E-state index in [0.717, 1.165) is 22.0 Å². The van der Waals surface area contributed by atoms with Crippen LogP contribution in [0.4, 0.5) is 16.4 Å². The van der Waals surface area contributed by atoms with Crippen molar-refractivity contribution in [3.8, 4) is 11.1 Å². The molecule has 10 heteroatoms. The maximum Gasteiger partial charge on any atom is 0.324 e. The fourth-order valence-corrected chi connectivity index (χ4v) is 4.28. The molecule has 5 heterocycles. The van der Waals surface area contributed by atoms with E-state index in [4.69, 9.17) is 10.7 Å². The van der Waals surface area contributed by atoms with Crippen molar-refractivity contribution in [2.75, 3.05) is 30.3 Å². The van der Waals surface area contributed by atoms with Crippen LogP contribution in [0.2, 0.25) is 0 Å². The van der Waals surface area contributed by atoms with Gasteiger partial charge in [0.1, 0.15) is 17.7 Å². The fourth-order valence-electron chi connectivity index (χ4n) is 4.28. The molecule has 0 bridgehead atoms. The van der Waals surface area contributed by atoms with Gasteiger partial charge in [-0.3, -0.25) is 15.1 Å². The second-order valence-corrected chi connectivity index (χ2v) is 7.70. The van der Waals surface area contributed by atoms with Gasteiger partial charge in [-0.2, -0.15) is 9.61 Å². The molecule has 2 aliphatic heterocycles. The third kappa shape index (κ3) is 2.68. The fraction of sp³-hybridized carbons (Fsp3) is 0.190. The number of nitrogen functional groups attached to an aromatic ring is 1. The van der Waals surface area contributed by atoms with Gasteiger partial charge in [0, 0.05) is 48.4 Å². The number of nitrogens with zero attached hydrogens (tertiary/aromatic N) is 6. The van der Waals surface area contributed by atoms with Crippen molar-refractivity contribution in [2.45, 2.75) is 6.04 Å². The molecule has 31 heavy (non-hydrogen) atoms. The molecular formula is C21H18N8O2. The van der Waals surface area contributed by atoms with Gasteiger partial charge >= 0.3 is 6.03 Å². The summed E-state index contributed by atoms with van der Waals surface area (Å²) in [6, 6.07) is 10.8. The lowest BCUT2D eigenvalue weighted by atomic mass is 10.1. The topological polar surface area (TPSA) is 122 Å². The maximum absolute atomic E-state index is 12.1. The smallest absolute Gasteiger partial charge is 0.324 e. The van der Waals surface area contributed by atoms with Crippen LogP contribution in [0.5, 0.6) is 0 Å². The number of carbonyl (C=O) groups is 2. The average molecular weight is 414 g/mol. The number of anilines is 2. The summed E-state index contributed by atoms with van der Waals surface area (Å²) >= 11 is 0. The monoisotopic (exact) mass is 414 g/mol. The Morgan fingerprint density at radius 1 is 1.10 bits per heavy atom. The summed E-state index contributed by atoms with van der Waals surface area (Å²) in [5.74, 6) is 0.803. The number of rotatable bonds is 2. The third-order valence-corrected chi connectivity index (χ3v) is 5.89. The van der Waals surface area contributed by atoms with E-state index >= 15 is 0 Å². The molecule has 2 aliphatic rings. The summed E-state index contributed by atoms with van der Waals surface area (Å²) in [7, 11) is 0. The SMILES string of the molecule is Nc1cc(N2CCN3C(=O)NC(=O)C3C2)nc2c(-c3cnc4ccccc4c3)cnn12. The molecular weight excluding hydrogens is 396 g/mol. The van der Waals surface area contributed by atoms with Crippen LogP contribution in [0.3, 0.4) is 0 Å². The quantitative estimate of drug-likeness (QED) is 0.474. The molecule has 6 rings (SSSR count). The molecule has 3 amide bonds. The lowest BCUT2D eigenvalue weighted by molar-refractivity contribution is -0.121. The molecule has 1 atom stereocenters. The number of carbonyl (C=O) groups excluding carboxylic acids is 2. The number of pyridine rings is 1. The number of aromatic nitrogens is 4. The zero-order chi connectivity index (χ0) is 21.1. The minimum Gasteiger partial charge on any atom is -0.383 e. The van der Waals surface area contributed by atoms with Crippen LogP contribution in [-0.4, -0.2) is 62.1 Å². The van der Waals surface area contributed by atoms with E-state index in [0.29, 0.717) is 36.9 Å². The Hall–Kier alpha value is -4.21. The largest absolute Gasteiger partial charge is 0.383 e. The number of para-hydroxylation sites is 1.